The molecule has 0 fully saturated rings. The Kier molecular flexibility index (Phi) is 8.11. The van der Waals surface area contributed by atoms with Gasteiger partial charge in [0.05, 0.1) is 10.6 Å². The van der Waals surface area contributed by atoms with Crippen molar-refractivity contribution >= 4 is 44.2 Å². The summed E-state index contributed by atoms with van der Waals surface area (Å²) in [6, 6.07) is 7.28. The Morgan fingerprint density at radius 3 is 2.62 bits per heavy atom. The normalized spacial score (nSPS) is 15.8. The number of anilines is 1. The van der Waals surface area contributed by atoms with Gasteiger partial charge in [-0.3, -0.25) is 4.79 Å². The fourth-order valence-corrected chi connectivity index (χ4v) is 6.06. The van der Waals surface area contributed by atoms with Crippen LogP contribution in [-0.2, 0) is 27.7 Å². The number of thiazole rings is 1. The lowest BCUT2D eigenvalue weighted by atomic mass is 10.0. The molecule has 3 rings (SSSR count). The maximum Gasteiger partial charge on any atom is 0.244 e. The van der Waals surface area contributed by atoms with E-state index in [0.717, 1.165) is 31.4 Å². The summed E-state index contributed by atoms with van der Waals surface area (Å²) in [6.07, 6.45) is 9.00. The van der Waals surface area contributed by atoms with Gasteiger partial charge in [-0.1, -0.05) is 31.0 Å². The number of hydrogen-bond donors (Lipinski definition) is 2. The molecule has 29 heavy (non-hydrogen) atoms. The summed E-state index contributed by atoms with van der Waals surface area (Å²) < 4.78 is 27.9. The number of thioether (sulfide) groups is 1. The lowest BCUT2D eigenvalue weighted by Gasteiger charge is -2.17. The number of hydrogen-bond acceptors (Lipinski definition) is 6. The molecular weight excluding hydrogens is 426 g/mol. The van der Waals surface area contributed by atoms with Crippen molar-refractivity contribution < 1.29 is 13.2 Å². The average Bonchev–Trinajstić information content (AvgIpc) is 3.06. The molecule has 0 saturated carbocycles. The molecule has 1 aromatic carbocycles. The highest BCUT2D eigenvalue weighted by Crippen LogP contribution is 2.28. The van der Waals surface area contributed by atoms with Crippen molar-refractivity contribution in [3.63, 3.8) is 0 Å². The fraction of sp³-hybridized carbons (Fsp3) is 0.500. The Bertz CT molecular complexity index is 888. The van der Waals surface area contributed by atoms with Gasteiger partial charge < -0.3 is 5.32 Å². The molecule has 0 radical (unpaired) electrons. The van der Waals surface area contributed by atoms with E-state index in [2.05, 4.69) is 15.0 Å². The second kappa shape index (κ2) is 10.6. The van der Waals surface area contributed by atoms with Crippen LogP contribution >= 0.6 is 23.1 Å². The maximum absolute atomic E-state index is 12.9. The zero-order chi connectivity index (χ0) is 20.7. The summed E-state index contributed by atoms with van der Waals surface area (Å²) in [5.41, 5.74) is 1.08. The number of amides is 1. The molecule has 1 aliphatic carbocycles. The smallest absolute Gasteiger partial charge is 0.244 e. The molecule has 1 aliphatic rings. The summed E-state index contributed by atoms with van der Waals surface area (Å²) in [7, 11) is -3.78. The zero-order valence-electron chi connectivity index (χ0n) is 16.5. The van der Waals surface area contributed by atoms with Gasteiger partial charge in [0.25, 0.3) is 0 Å². The highest BCUT2D eigenvalue weighted by Gasteiger charge is 2.26. The Morgan fingerprint density at radius 1 is 1.17 bits per heavy atom. The van der Waals surface area contributed by atoms with Crippen LogP contribution in [0, 0.1) is 0 Å². The summed E-state index contributed by atoms with van der Waals surface area (Å²) in [6.45, 7) is 0. The van der Waals surface area contributed by atoms with Crippen LogP contribution in [0.15, 0.2) is 35.2 Å². The third kappa shape index (κ3) is 6.28. The average molecular weight is 454 g/mol. The molecule has 1 amide bonds. The number of carbonyl (C=O) groups excluding carboxylic acids is 1. The Balaban J connectivity index is 1.73. The molecule has 9 heteroatoms. The number of sulfonamides is 1. The van der Waals surface area contributed by atoms with Crippen LogP contribution in [0.3, 0.4) is 0 Å². The van der Waals surface area contributed by atoms with E-state index in [-0.39, 0.29) is 10.8 Å². The largest absolute Gasteiger partial charge is 0.301 e. The van der Waals surface area contributed by atoms with Crippen molar-refractivity contribution in [1.29, 1.82) is 0 Å². The number of carbonyl (C=O) groups is 1. The topological polar surface area (TPSA) is 88.2 Å². The van der Waals surface area contributed by atoms with E-state index in [0.29, 0.717) is 17.3 Å². The minimum absolute atomic E-state index is 0.152. The SMILES string of the molecule is CSCCC(NS(=O)(=O)c1ccccc1)C(=O)Nc1nc2c(s1)CCCCCC2. The van der Waals surface area contributed by atoms with Crippen LogP contribution in [0.4, 0.5) is 5.13 Å². The number of aromatic nitrogens is 1. The van der Waals surface area contributed by atoms with E-state index >= 15 is 0 Å². The Morgan fingerprint density at radius 2 is 1.90 bits per heavy atom. The van der Waals surface area contributed by atoms with Gasteiger partial charge in [-0.2, -0.15) is 16.5 Å². The number of benzene rings is 1. The molecule has 158 valence electrons. The first-order valence-corrected chi connectivity index (χ1v) is 13.5. The van der Waals surface area contributed by atoms with E-state index in [4.69, 9.17) is 0 Å². The minimum atomic E-state index is -3.78. The molecule has 0 saturated heterocycles. The number of aryl methyl sites for hydroxylation is 2. The third-order valence-electron chi connectivity index (χ3n) is 4.85. The van der Waals surface area contributed by atoms with Gasteiger partial charge >= 0.3 is 0 Å². The molecule has 1 aromatic heterocycles. The van der Waals surface area contributed by atoms with Gasteiger partial charge in [0.1, 0.15) is 6.04 Å². The molecule has 2 aromatic rings. The second-order valence-corrected chi connectivity index (χ2v) is 10.8. The molecule has 1 unspecified atom stereocenters. The van der Waals surface area contributed by atoms with E-state index < -0.39 is 16.1 Å². The van der Waals surface area contributed by atoms with Crippen molar-refractivity contribution in [2.75, 3.05) is 17.3 Å². The van der Waals surface area contributed by atoms with E-state index in [1.165, 1.54) is 41.2 Å². The number of nitrogens with zero attached hydrogens (tertiary/aromatic N) is 1. The van der Waals surface area contributed by atoms with Gasteiger partial charge in [0.2, 0.25) is 15.9 Å². The third-order valence-corrected chi connectivity index (χ3v) is 8.06. The van der Waals surface area contributed by atoms with Gasteiger partial charge in [0.15, 0.2) is 5.13 Å². The van der Waals surface area contributed by atoms with Crippen LogP contribution in [0.25, 0.3) is 0 Å². The molecule has 2 N–H and O–H groups in total. The van der Waals surface area contributed by atoms with Gasteiger partial charge in [-0.05, 0) is 56.2 Å². The van der Waals surface area contributed by atoms with Crippen molar-refractivity contribution in [1.82, 2.24) is 9.71 Å². The number of fused-ring (bicyclic) bond motifs is 1. The Labute approximate surface area is 181 Å². The van der Waals surface area contributed by atoms with Crippen molar-refractivity contribution in [2.24, 2.45) is 0 Å². The number of nitrogens with one attached hydrogen (secondary N) is 2. The highest BCUT2D eigenvalue weighted by molar-refractivity contribution is 7.98. The van der Waals surface area contributed by atoms with Gasteiger partial charge in [0, 0.05) is 4.88 Å². The van der Waals surface area contributed by atoms with Crippen molar-refractivity contribution in [3.8, 4) is 0 Å². The first-order valence-electron chi connectivity index (χ1n) is 9.85. The predicted molar refractivity (Wildman–Crippen MR) is 120 cm³/mol. The summed E-state index contributed by atoms with van der Waals surface area (Å²) >= 11 is 3.09. The van der Waals surface area contributed by atoms with Crippen LogP contribution in [-0.4, -0.2) is 37.4 Å². The molecule has 1 heterocycles. The minimum Gasteiger partial charge on any atom is -0.301 e. The Hall–Kier alpha value is -1.42. The van der Waals surface area contributed by atoms with Crippen LogP contribution in [0.2, 0.25) is 0 Å². The molecule has 1 atom stereocenters. The maximum atomic E-state index is 12.9. The van der Waals surface area contributed by atoms with Crippen LogP contribution in [0.1, 0.15) is 42.7 Å². The first kappa shape index (κ1) is 22.3. The molecule has 6 nitrogen and oxygen atoms in total. The van der Waals surface area contributed by atoms with Gasteiger partial charge in [-0.15, -0.1) is 11.3 Å². The molecule has 0 bridgehead atoms. The van der Waals surface area contributed by atoms with E-state index in [9.17, 15) is 13.2 Å². The fourth-order valence-electron chi connectivity index (χ4n) is 3.29. The number of rotatable bonds is 8. The zero-order valence-corrected chi connectivity index (χ0v) is 19.0. The molecule has 0 aliphatic heterocycles. The van der Waals surface area contributed by atoms with Crippen molar-refractivity contribution in [3.05, 3.63) is 40.9 Å². The predicted octanol–water partition coefficient (Wildman–Crippen LogP) is 3.84. The van der Waals surface area contributed by atoms with E-state index in [1.807, 2.05) is 6.26 Å². The van der Waals surface area contributed by atoms with Crippen molar-refractivity contribution in [2.45, 2.75) is 55.9 Å². The van der Waals surface area contributed by atoms with E-state index in [1.54, 1.807) is 30.0 Å². The lowest BCUT2D eigenvalue weighted by molar-refractivity contribution is -0.117. The second-order valence-electron chi connectivity index (χ2n) is 7.06. The molecule has 0 spiro atoms. The summed E-state index contributed by atoms with van der Waals surface area (Å²) in [5, 5.41) is 3.42. The quantitative estimate of drug-likeness (QED) is 0.634. The first-order chi connectivity index (χ1) is 14.0. The summed E-state index contributed by atoms with van der Waals surface area (Å²) in [4.78, 5) is 18.9. The van der Waals surface area contributed by atoms with Crippen LogP contribution in [0.5, 0.6) is 0 Å². The summed E-state index contributed by atoms with van der Waals surface area (Å²) in [5.74, 6) is 0.310. The monoisotopic (exact) mass is 453 g/mol. The molecular formula is C20H27N3O3S3. The standard InChI is InChI=1S/C20H27N3O3S3/c1-27-14-13-17(23-29(25,26)15-9-5-4-6-10-15)19(24)22-20-21-16-11-7-2-3-8-12-18(16)28-20/h4-6,9-10,17,23H,2-3,7-8,11-14H2,1H3,(H,21,22,24). The highest BCUT2D eigenvalue weighted by atomic mass is 32.2. The van der Waals surface area contributed by atoms with Gasteiger partial charge in [-0.25, -0.2) is 13.4 Å². The lowest BCUT2D eigenvalue weighted by Crippen LogP contribution is -2.44. The van der Waals surface area contributed by atoms with Crippen LogP contribution < -0.4 is 10.0 Å².